The van der Waals surface area contributed by atoms with E-state index in [1.54, 1.807) is 22.6 Å². The standard InChI is InChI=1S/C24H29N5O4S2/c1-18-9-10-21(34-18)24(31)28-12-6-13-29(35(32,33)23-16-27(2)17-26-23)20(15-22(30)25-11-14-28)19-7-4-3-5-8-19/h3-5,7-10,16-17,20H,6,11-15H2,1-2H3,(H,25,30). The number of aromatic nitrogens is 2. The van der Waals surface area contributed by atoms with Crippen LogP contribution in [-0.2, 0) is 21.9 Å². The van der Waals surface area contributed by atoms with E-state index in [-0.39, 0.29) is 29.8 Å². The molecule has 1 N–H and O–H groups in total. The summed E-state index contributed by atoms with van der Waals surface area (Å²) in [4.78, 5) is 33.4. The van der Waals surface area contributed by atoms with Gasteiger partial charge in [0.05, 0.1) is 17.2 Å². The predicted octanol–water partition coefficient (Wildman–Crippen LogP) is 2.57. The van der Waals surface area contributed by atoms with Gasteiger partial charge < -0.3 is 14.8 Å². The highest BCUT2D eigenvalue weighted by Gasteiger charge is 2.35. The fourth-order valence-electron chi connectivity index (χ4n) is 4.16. The maximum atomic E-state index is 13.7. The number of benzene rings is 1. The molecular formula is C24H29N5O4S2. The van der Waals surface area contributed by atoms with E-state index in [4.69, 9.17) is 0 Å². The normalized spacial score (nSPS) is 18.6. The Morgan fingerprint density at radius 3 is 2.54 bits per heavy atom. The molecule has 0 aliphatic carbocycles. The summed E-state index contributed by atoms with van der Waals surface area (Å²) in [7, 11) is -2.30. The van der Waals surface area contributed by atoms with Gasteiger partial charge >= 0.3 is 0 Å². The van der Waals surface area contributed by atoms with Crippen LogP contribution in [0.2, 0.25) is 0 Å². The van der Waals surface area contributed by atoms with Crippen molar-refractivity contribution in [3.05, 3.63) is 70.3 Å². The molecule has 2 amide bonds. The lowest BCUT2D eigenvalue weighted by Gasteiger charge is -2.30. The minimum atomic E-state index is -4.01. The number of amides is 2. The molecule has 1 unspecified atom stereocenters. The molecule has 1 aliphatic rings. The molecule has 35 heavy (non-hydrogen) atoms. The average Bonchev–Trinajstić information content (AvgIpc) is 3.47. The molecule has 2 aromatic heterocycles. The van der Waals surface area contributed by atoms with Gasteiger partial charge in [-0.05, 0) is 31.0 Å². The van der Waals surface area contributed by atoms with E-state index in [0.717, 1.165) is 10.4 Å². The molecule has 0 saturated carbocycles. The van der Waals surface area contributed by atoms with Crippen molar-refractivity contribution in [3.8, 4) is 0 Å². The number of thiophene rings is 1. The number of hydrogen-bond acceptors (Lipinski definition) is 6. The highest BCUT2D eigenvalue weighted by Crippen LogP contribution is 2.30. The molecule has 1 aromatic carbocycles. The van der Waals surface area contributed by atoms with Crippen molar-refractivity contribution >= 4 is 33.2 Å². The van der Waals surface area contributed by atoms with Crippen LogP contribution in [0.5, 0.6) is 0 Å². The van der Waals surface area contributed by atoms with Crippen molar-refractivity contribution in [2.45, 2.75) is 30.8 Å². The zero-order valence-corrected chi connectivity index (χ0v) is 21.4. The molecule has 0 bridgehead atoms. The van der Waals surface area contributed by atoms with E-state index < -0.39 is 16.1 Å². The van der Waals surface area contributed by atoms with Crippen LogP contribution in [0.1, 0.15) is 39.0 Å². The summed E-state index contributed by atoms with van der Waals surface area (Å²) < 4.78 is 30.4. The number of rotatable bonds is 4. The summed E-state index contributed by atoms with van der Waals surface area (Å²) in [5.41, 5.74) is 0.725. The lowest BCUT2D eigenvalue weighted by atomic mass is 10.0. The summed E-state index contributed by atoms with van der Waals surface area (Å²) in [5.74, 6) is -0.392. The summed E-state index contributed by atoms with van der Waals surface area (Å²) in [6.07, 6.45) is 3.28. The quantitative estimate of drug-likeness (QED) is 0.575. The highest BCUT2D eigenvalue weighted by molar-refractivity contribution is 7.89. The monoisotopic (exact) mass is 515 g/mol. The third-order valence-corrected chi connectivity index (χ3v) is 8.70. The Balaban J connectivity index is 1.67. The van der Waals surface area contributed by atoms with Gasteiger partial charge in [0.1, 0.15) is 0 Å². The van der Waals surface area contributed by atoms with Crippen LogP contribution in [0.3, 0.4) is 0 Å². The summed E-state index contributed by atoms with van der Waals surface area (Å²) in [6, 6.07) is 12.2. The molecular weight excluding hydrogens is 486 g/mol. The molecule has 0 spiro atoms. The number of sulfonamides is 1. The minimum absolute atomic E-state index is 0.0336. The Bertz CT molecular complexity index is 1290. The van der Waals surface area contributed by atoms with Gasteiger partial charge in [0, 0.05) is 50.7 Å². The van der Waals surface area contributed by atoms with E-state index in [1.807, 2.05) is 43.3 Å². The molecule has 1 aliphatic heterocycles. The number of carbonyl (C=O) groups is 2. The SMILES string of the molecule is Cc1ccc(C(=O)N2CCCN(S(=O)(=O)c3cn(C)cn3)C(c3ccccc3)CC(=O)NCC2)s1. The maximum Gasteiger partial charge on any atom is 0.263 e. The first-order chi connectivity index (χ1) is 16.8. The van der Waals surface area contributed by atoms with Crippen LogP contribution in [0.25, 0.3) is 0 Å². The third kappa shape index (κ3) is 5.80. The van der Waals surface area contributed by atoms with Crippen molar-refractivity contribution in [2.75, 3.05) is 26.2 Å². The number of aryl methyl sites for hydroxylation is 2. The zero-order chi connectivity index (χ0) is 25.0. The van der Waals surface area contributed by atoms with E-state index in [2.05, 4.69) is 10.3 Å². The summed E-state index contributed by atoms with van der Waals surface area (Å²) in [5, 5.41) is 2.80. The predicted molar refractivity (Wildman–Crippen MR) is 133 cm³/mol. The highest BCUT2D eigenvalue weighted by atomic mass is 32.2. The molecule has 11 heteroatoms. The smallest absolute Gasteiger partial charge is 0.263 e. The van der Waals surface area contributed by atoms with Crippen molar-refractivity contribution < 1.29 is 18.0 Å². The molecule has 9 nitrogen and oxygen atoms in total. The summed E-state index contributed by atoms with van der Waals surface area (Å²) >= 11 is 1.42. The number of hydrogen-bond donors (Lipinski definition) is 1. The molecule has 3 heterocycles. The summed E-state index contributed by atoms with van der Waals surface area (Å²) in [6.45, 7) is 3.09. The van der Waals surface area contributed by atoms with E-state index in [9.17, 15) is 18.0 Å². The molecule has 0 radical (unpaired) electrons. The number of imidazole rings is 1. The number of nitrogens with one attached hydrogen (secondary N) is 1. The van der Waals surface area contributed by atoms with Crippen LogP contribution < -0.4 is 5.32 Å². The van der Waals surface area contributed by atoms with Crippen molar-refractivity contribution in [3.63, 3.8) is 0 Å². The molecule has 1 fully saturated rings. The fourth-order valence-corrected chi connectivity index (χ4v) is 6.62. The van der Waals surface area contributed by atoms with Crippen molar-refractivity contribution in [1.82, 2.24) is 24.1 Å². The van der Waals surface area contributed by atoms with Crippen LogP contribution >= 0.6 is 11.3 Å². The Hall–Kier alpha value is -3.02. The Labute approximate surface area is 209 Å². The fraction of sp³-hybridized carbons (Fsp3) is 0.375. The van der Waals surface area contributed by atoms with Gasteiger partial charge in [0.25, 0.3) is 15.9 Å². The second kappa shape index (κ2) is 10.7. The van der Waals surface area contributed by atoms with Crippen molar-refractivity contribution in [1.29, 1.82) is 0 Å². The first-order valence-electron chi connectivity index (χ1n) is 11.4. The molecule has 3 aromatic rings. The largest absolute Gasteiger partial charge is 0.354 e. The van der Waals surface area contributed by atoms with Crippen LogP contribution in [0.15, 0.2) is 60.0 Å². The lowest BCUT2D eigenvalue weighted by Crippen LogP contribution is -2.39. The van der Waals surface area contributed by atoms with Crippen LogP contribution in [-0.4, -0.2) is 65.2 Å². The second-order valence-electron chi connectivity index (χ2n) is 8.53. The number of nitrogens with zero attached hydrogens (tertiary/aromatic N) is 4. The number of carbonyl (C=O) groups excluding carboxylic acids is 2. The van der Waals surface area contributed by atoms with Gasteiger partial charge in [0.15, 0.2) is 5.03 Å². The van der Waals surface area contributed by atoms with Crippen LogP contribution in [0.4, 0.5) is 0 Å². The van der Waals surface area contributed by atoms with Gasteiger partial charge in [-0.1, -0.05) is 30.3 Å². The zero-order valence-electron chi connectivity index (χ0n) is 19.8. The van der Waals surface area contributed by atoms with Gasteiger partial charge in [-0.15, -0.1) is 11.3 Å². The van der Waals surface area contributed by atoms with Gasteiger partial charge in [-0.3, -0.25) is 9.59 Å². The molecule has 1 saturated heterocycles. The Morgan fingerprint density at radius 2 is 1.89 bits per heavy atom. The van der Waals surface area contributed by atoms with Gasteiger partial charge in [0.2, 0.25) is 5.91 Å². The molecule has 1 atom stereocenters. The van der Waals surface area contributed by atoms with Gasteiger partial charge in [-0.2, -0.15) is 4.31 Å². The van der Waals surface area contributed by atoms with Gasteiger partial charge in [-0.25, -0.2) is 13.4 Å². The van der Waals surface area contributed by atoms with E-state index in [0.29, 0.717) is 30.9 Å². The molecule has 186 valence electrons. The first kappa shape index (κ1) is 25.1. The first-order valence-corrected chi connectivity index (χ1v) is 13.7. The maximum absolute atomic E-state index is 13.7. The average molecular weight is 516 g/mol. The Kier molecular flexibility index (Phi) is 7.68. The lowest BCUT2D eigenvalue weighted by molar-refractivity contribution is -0.122. The topological polar surface area (TPSA) is 105 Å². The molecule has 4 rings (SSSR count). The third-order valence-electron chi connectivity index (χ3n) is 5.91. The van der Waals surface area contributed by atoms with Crippen molar-refractivity contribution in [2.24, 2.45) is 7.05 Å². The minimum Gasteiger partial charge on any atom is -0.354 e. The van der Waals surface area contributed by atoms with E-state index in [1.165, 1.54) is 28.2 Å². The Morgan fingerprint density at radius 1 is 1.11 bits per heavy atom. The second-order valence-corrected chi connectivity index (χ2v) is 11.7. The van der Waals surface area contributed by atoms with E-state index >= 15 is 0 Å². The van der Waals surface area contributed by atoms with Crippen LogP contribution in [0, 0.1) is 6.92 Å².